The van der Waals surface area contributed by atoms with Gasteiger partial charge in [-0.25, -0.2) is 0 Å². The van der Waals surface area contributed by atoms with Crippen molar-refractivity contribution in [3.8, 4) is 0 Å². The molecule has 2 aliphatic heterocycles. The number of methoxy groups -OCH3 is 1. The lowest BCUT2D eigenvalue weighted by Gasteiger charge is -2.42. The maximum absolute atomic E-state index is 12.1. The normalized spacial score (nSPS) is 21.9. The number of carbonyl (C=O) groups excluding carboxylic acids is 1. The minimum Gasteiger partial charge on any atom is -0.383 e. The van der Waals surface area contributed by atoms with Gasteiger partial charge in [0.2, 0.25) is 0 Å². The van der Waals surface area contributed by atoms with Gasteiger partial charge < -0.3 is 9.64 Å². The number of hydrogen-bond donors (Lipinski definition) is 0. The lowest BCUT2D eigenvalue weighted by Crippen LogP contribution is -2.54. The van der Waals surface area contributed by atoms with E-state index in [0.717, 1.165) is 51.8 Å². The summed E-state index contributed by atoms with van der Waals surface area (Å²) in [4.78, 5) is 19.6. The van der Waals surface area contributed by atoms with Crippen LogP contribution in [0.4, 0.5) is 0 Å². The molecule has 2 saturated heterocycles. The molecular formula is C21H43N3O2. The third-order valence-electron chi connectivity index (χ3n) is 5.63. The van der Waals surface area contributed by atoms with E-state index in [1.54, 1.807) is 7.11 Å². The summed E-state index contributed by atoms with van der Waals surface area (Å²) < 4.78 is 5.17. The van der Waals surface area contributed by atoms with Crippen LogP contribution >= 0.6 is 0 Å². The Morgan fingerprint density at radius 2 is 1.58 bits per heavy atom. The van der Waals surface area contributed by atoms with E-state index in [1.165, 1.54) is 32.4 Å². The quantitative estimate of drug-likeness (QED) is 0.657. The number of piperidine rings is 1. The lowest BCUT2D eigenvalue weighted by molar-refractivity contribution is -0.124. The smallest absolute Gasteiger partial charge is 0.149 e. The van der Waals surface area contributed by atoms with Gasteiger partial charge in [-0.2, -0.15) is 0 Å². The molecule has 2 rings (SSSR count). The molecule has 0 amide bonds. The van der Waals surface area contributed by atoms with E-state index in [0.29, 0.717) is 12.3 Å². The summed E-state index contributed by atoms with van der Waals surface area (Å²) in [6.45, 7) is 17.7. The molecule has 0 N–H and O–H groups in total. The summed E-state index contributed by atoms with van der Waals surface area (Å²) >= 11 is 0. The Kier molecular flexibility index (Phi) is 12.4. The van der Waals surface area contributed by atoms with Gasteiger partial charge in [0, 0.05) is 51.8 Å². The maximum Gasteiger partial charge on any atom is 0.149 e. The van der Waals surface area contributed by atoms with Crippen molar-refractivity contribution in [2.45, 2.75) is 59.4 Å². The molecule has 0 bridgehead atoms. The van der Waals surface area contributed by atoms with E-state index in [1.807, 2.05) is 0 Å². The van der Waals surface area contributed by atoms with Gasteiger partial charge in [0.05, 0.1) is 13.2 Å². The SMILES string of the molecule is CCC.CCC(C)C(=O)CN1CCN(C2CCN(CCOC)CC2)CC1. The minimum absolute atomic E-state index is 0.212. The molecule has 0 aromatic rings. The zero-order valence-electron chi connectivity index (χ0n) is 18.0. The second-order valence-electron chi connectivity index (χ2n) is 7.86. The second-order valence-corrected chi connectivity index (χ2v) is 7.86. The van der Waals surface area contributed by atoms with Crippen molar-refractivity contribution >= 4 is 5.78 Å². The third-order valence-corrected chi connectivity index (χ3v) is 5.63. The van der Waals surface area contributed by atoms with Crippen molar-refractivity contribution in [2.75, 3.05) is 66.1 Å². The predicted molar refractivity (Wildman–Crippen MR) is 110 cm³/mol. The standard InChI is InChI=1S/C18H35N3O2.C3H8/c1-4-16(2)18(22)15-20-9-11-21(12-10-20)17-5-7-19(8-6-17)13-14-23-3;1-3-2/h16-17H,4-15H2,1-3H3;3H2,1-2H3. The van der Waals surface area contributed by atoms with Crippen LogP contribution in [0.1, 0.15) is 53.4 Å². The van der Waals surface area contributed by atoms with Crippen molar-refractivity contribution in [3.63, 3.8) is 0 Å². The molecule has 1 unspecified atom stereocenters. The van der Waals surface area contributed by atoms with Gasteiger partial charge in [0.25, 0.3) is 0 Å². The van der Waals surface area contributed by atoms with Gasteiger partial charge in [-0.3, -0.25) is 14.6 Å². The molecule has 0 radical (unpaired) electrons. The van der Waals surface area contributed by atoms with Crippen LogP contribution in [0.15, 0.2) is 0 Å². The zero-order chi connectivity index (χ0) is 19.4. The second kappa shape index (κ2) is 13.6. The number of Topliss-reactive ketones (excluding diaryl/α,β-unsaturated/α-hetero) is 1. The molecule has 0 aliphatic carbocycles. The first-order chi connectivity index (χ1) is 12.5. The van der Waals surface area contributed by atoms with E-state index in [2.05, 4.69) is 42.4 Å². The number of hydrogen-bond acceptors (Lipinski definition) is 5. The molecule has 0 aromatic carbocycles. The van der Waals surface area contributed by atoms with E-state index in [4.69, 9.17) is 4.74 Å². The summed E-state index contributed by atoms with van der Waals surface area (Å²) in [6, 6.07) is 0.737. The molecule has 5 nitrogen and oxygen atoms in total. The highest BCUT2D eigenvalue weighted by atomic mass is 16.5. The Balaban J connectivity index is 0.00000105. The van der Waals surface area contributed by atoms with Crippen LogP contribution in [0.25, 0.3) is 0 Å². The minimum atomic E-state index is 0.212. The van der Waals surface area contributed by atoms with Gasteiger partial charge >= 0.3 is 0 Å². The van der Waals surface area contributed by atoms with Crippen molar-refractivity contribution in [3.05, 3.63) is 0 Å². The lowest BCUT2D eigenvalue weighted by atomic mass is 10.0. The zero-order valence-corrected chi connectivity index (χ0v) is 18.0. The van der Waals surface area contributed by atoms with E-state index >= 15 is 0 Å². The van der Waals surface area contributed by atoms with Gasteiger partial charge in [-0.05, 0) is 32.4 Å². The molecule has 0 saturated carbocycles. The molecule has 0 aromatic heterocycles. The molecule has 154 valence electrons. The van der Waals surface area contributed by atoms with Crippen molar-refractivity contribution in [1.82, 2.24) is 14.7 Å². The molecule has 26 heavy (non-hydrogen) atoms. The van der Waals surface area contributed by atoms with Crippen LogP contribution in [0.5, 0.6) is 0 Å². The monoisotopic (exact) mass is 369 g/mol. The number of piperazine rings is 1. The van der Waals surface area contributed by atoms with Crippen LogP contribution in [0, 0.1) is 5.92 Å². The van der Waals surface area contributed by atoms with Crippen LogP contribution in [-0.2, 0) is 9.53 Å². The molecule has 1 atom stereocenters. The van der Waals surface area contributed by atoms with Crippen LogP contribution in [0.2, 0.25) is 0 Å². The van der Waals surface area contributed by atoms with Crippen LogP contribution in [-0.4, -0.2) is 92.6 Å². The average Bonchev–Trinajstić information content (AvgIpc) is 2.67. The Bertz CT molecular complexity index is 362. The fourth-order valence-corrected chi connectivity index (χ4v) is 3.62. The first kappa shape index (κ1) is 23.5. The number of ketones is 1. The topological polar surface area (TPSA) is 36.0 Å². The Labute approximate surface area is 162 Å². The molecule has 2 aliphatic rings. The first-order valence-corrected chi connectivity index (χ1v) is 10.8. The van der Waals surface area contributed by atoms with Crippen molar-refractivity contribution in [2.24, 2.45) is 5.92 Å². The molecule has 5 heteroatoms. The summed E-state index contributed by atoms with van der Waals surface area (Å²) in [6.07, 6.45) is 4.76. The van der Waals surface area contributed by atoms with Crippen molar-refractivity contribution < 1.29 is 9.53 Å². The number of carbonyl (C=O) groups is 1. The predicted octanol–water partition coefficient (Wildman–Crippen LogP) is 2.75. The fourth-order valence-electron chi connectivity index (χ4n) is 3.62. The highest BCUT2D eigenvalue weighted by Crippen LogP contribution is 2.18. The van der Waals surface area contributed by atoms with Gasteiger partial charge in [-0.15, -0.1) is 0 Å². The largest absolute Gasteiger partial charge is 0.383 e. The number of ether oxygens (including phenoxy) is 1. The van der Waals surface area contributed by atoms with E-state index in [9.17, 15) is 4.79 Å². The fraction of sp³-hybridized carbons (Fsp3) is 0.952. The van der Waals surface area contributed by atoms with E-state index < -0.39 is 0 Å². The molecule has 2 fully saturated rings. The molecule has 0 spiro atoms. The number of rotatable bonds is 8. The van der Waals surface area contributed by atoms with Crippen molar-refractivity contribution in [1.29, 1.82) is 0 Å². The van der Waals surface area contributed by atoms with Gasteiger partial charge in [0.1, 0.15) is 5.78 Å². The van der Waals surface area contributed by atoms with Gasteiger partial charge in [0.15, 0.2) is 0 Å². The Hall–Kier alpha value is -0.490. The number of nitrogens with zero attached hydrogens (tertiary/aromatic N) is 3. The highest BCUT2D eigenvalue weighted by Gasteiger charge is 2.28. The highest BCUT2D eigenvalue weighted by molar-refractivity contribution is 5.82. The first-order valence-electron chi connectivity index (χ1n) is 10.8. The number of likely N-dealkylation sites (tertiary alicyclic amines) is 1. The Morgan fingerprint density at radius 3 is 2.08 bits per heavy atom. The third kappa shape index (κ3) is 8.47. The average molecular weight is 370 g/mol. The van der Waals surface area contributed by atoms with Crippen LogP contribution in [0.3, 0.4) is 0 Å². The molecule has 2 heterocycles. The van der Waals surface area contributed by atoms with Crippen LogP contribution < -0.4 is 0 Å². The van der Waals surface area contributed by atoms with E-state index in [-0.39, 0.29) is 5.92 Å². The summed E-state index contributed by atoms with van der Waals surface area (Å²) in [7, 11) is 1.78. The maximum atomic E-state index is 12.1. The molecular weight excluding hydrogens is 326 g/mol. The van der Waals surface area contributed by atoms with Gasteiger partial charge in [-0.1, -0.05) is 34.1 Å². The summed E-state index contributed by atoms with van der Waals surface area (Å²) in [5.74, 6) is 0.622. The summed E-state index contributed by atoms with van der Waals surface area (Å²) in [5, 5.41) is 0. The summed E-state index contributed by atoms with van der Waals surface area (Å²) in [5.41, 5.74) is 0. The Morgan fingerprint density at radius 1 is 1.00 bits per heavy atom.